The normalized spacial score (nSPS) is 12.8. The lowest BCUT2D eigenvalue weighted by Crippen LogP contribution is -2.07. The summed E-state index contributed by atoms with van der Waals surface area (Å²) in [6, 6.07) is 18.7. The molecule has 0 fully saturated rings. The van der Waals surface area contributed by atoms with Gasteiger partial charge in [0.15, 0.2) is 5.76 Å². The average molecular weight is 414 g/mol. The summed E-state index contributed by atoms with van der Waals surface area (Å²) in [4.78, 5) is 13.5. The van der Waals surface area contributed by atoms with Gasteiger partial charge in [0, 0.05) is 22.6 Å². The molecule has 5 heteroatoms. The predicted octanol–water partition coefficient (Wildman–Crippen LogP) is 5.67. The standard InChI is InChI=1S/C26H22O5/c1-28-19-9-5-16(6-10-19)24-21-14-18-4-3-13-30-22(18)15-23(21)31-26(24)25(27)17-7-11-20(29-2)12-8-17/h5-12,14-15H,3-4,13H2,1-2H3. The van der Waals surface area contributed by atoms with E-state index in [9.17, 15) is 4.79 Å². The van der Waals surface area contributed by atoms with Gasteiger partial charge in [0.25, 0.3) is 0 Å². The van der Waals surface area contributed by atoms with Gasteiger partial charge in [-0.05, 0) is 66.4 Å². The molecule has 0 aliphatic carbocycles. The van der Waals surface area contributed by atoms with Crippen LogP contribution in [-0.4, -0.2) is 26.6 Å². The SMILES string of the molecule is COc1ccc(C(=O)c2oc3cc4c(cc3c2-c2ccc(OC)cc2)CCCO4)cc1. The fraction of sp³-hybridized carbons (Fsp3) is 0.192. The van der Waals surface area contributed by atoms with Gasteiger partial charge in [-0.1, -0.05) is 12.1 Å². The van der Waals surface area contributed by atoms with Crippen LogP contribution in [0.3, 0.4) is 0 Å². The molecule has 0 radical (unpaired) electrons. The zero-order valence-corrected chi connectivity index (χ0v) is 17.4. The third-order valence-electron chi connectivity index (χ3n) is 5.66. The number of hydrogen-bond donors (Lipinski definition) is 0. The number of methoxy groups -OCH3 is 2. The zero-order valence-electron chi connectivity index (χ0n) is 17.4. The molecule has 3 aromatic carbocycles. The van der Waals surface area contributed by atoms with Crippen LogP contribution in [0.4, 0.5) is 0 Å². The minimum absolute atomic E-state index is 0.177. The molecule has 0 bridgehead atoms. The van der Waals surface area contributed by atoms with Crippen molar-refractivity contribution in [3.8, 4) is 28.4 Å². The van der Waals surface area contributed by atoms with Crippen LogP contribution in [0, 0.1) is 0 Å². The summed E-state index contributed by atoms with van der Waals surface area (Å²) in [5.41, 5.74) is 4.00. The van der Waals surface area contributed by atoms with Crippen LogP contribution in [0.25, 0.3) is 22.1 Å². The summed E-state index contributed by atoms with van der Waals surface area (Å²) >= 11 is 0. The Labute approximate surface area is 180 Å². The van der Waals surface area contributed by atoms with Crippen LogP contribution in [0.1, 0.15) is 28.1 Å². The number of ether oxygens (including phenoxy) is 3. The number of furan rings is 1. The van der Waals surface area contributed by atoms with Crippen LogP contribution in [0.5, 0.6) is 17.2 Å². The summed E-state index contributed by atoms with van der Waals surface area (Å²) < 4.78 is 22.5. The van der Waals surface area contributed by atoms with Crippen molar-refractivity contribution in [3.05, 3.63) is 77.6 Å². The zero-order chi connectivity index (χ0) is 21.4. The molecule has 0 saturated carbocycles. The van der Waals surface area contributed by atoms with Crippen molar-refractivity contribution in [1.29, 1.82) is 0 Å². The van der Waals surface area contributed by atoms with E-state index in [1.165, 1.54) is 0 Å². The first kappa shape index (κ1) is 19.2. The minimum Gasteiger partial charge on any atom is -0.497 e. The molecule has 4 aromatic rings. The number of aryl methyl sites for hydroxylation is 1. The van der Waals surface area contributed by atoms with Gasteiger partial charge >= 0.3 is 0 Å². The third-order valence-corrected chi connectivity index (χ3v) is 5.66. The maximum absolute atomic E-state index is 13.5. The quantitative estimate of drug-likeness (QED) is 0.394. The van der Waals surface area contributed by atoms with Gasteiger partial charge in [0.2, 0.25) is 5.78 Å². The van der Waals surface area contributed by atoms with E-state index >= 15 is 0 Å². The Balaban J connectivity index is 1.70. The van der Waals surface area contributed by atoms with Crippen molar-refractivity contribution >= 4 is 16.8 Å². The van der Waals surface area contributed by atoms with E-state index in [2.05, 4.69) is 6.07 Å². The fourth-order valence-corrected chi connectivity index (χ4v) is 4.02. The third kappa shape index (κ3) is 3.42. The molecule has 1 aromatic heterocycles. The van der Waals surface area contributed by atoms with Gasteiger partial charge < -0.3 is 18.6 Å². The van der Waals surface area contributed by atoms with Gasteiger partial charge in [0.1, 0.15) is 22.8 Å². The van der Waals surface area contributed by atoms with Crippen molar-refractivity contribution in [3.63, 3.8) is 0 Å². The van der Waals surface area contributed by atoms with Crippen molar-refractivity contribution in [2.24, 2.45) is 0 Å². The van der Waals surface area contributed by atoms with Gasteiger partial charge in [-0.15, -0.1) is 0 Å². The van der Waals surface area contributed by atoms with Crippen LogP contribution in [0.15, 0.2) is 65.1 Å². The smallest absolute Gasteiger partial charge is 0.228 e. The highest BCUT2D eigenvalue weighted by Crippen LogP contribution is 2.40. The molecule has 0 unspecified atom stereocenters. The number of hydrogen-bond acceptors (Lipinski definition) is 5. The Hall–Kier alpha value is -3.73. The number of fused-ring (bicyclic) bond motifs is 2. The lowest BCUT2D eigenvalue weighted by molar-refractivity contribution is 0.101. The summed E-state index contributed by atoms with van der Waals surface area (Å²) in [5, 5.41) is 0.909. The van der Waals surface area contributed by atoms with Crippen LogP contribution < -0.4 is 14.2 Å². The summed E-state index contributed by atoms with van der Waals surface area (Å²) in [5.74, 6) is 2.42. The second-order valence-corrected chi connectivity index (χ2v) is 7.50. The van der Waals surface area contributed by atoms with E-state index in [0.29, 0.717) is 29.3 Å². The molecule has 0 atom stereocenters. The molecule has 5 nitrogen and oxygen atoms in total. The van der Waals surface area contributed by atoms with E-state index in [4.69, 9.17) is 18.6 Å². The van der Waals surface area contributed by atoms with Crippen LogP contribution in [0.2, 0.25) is 0 Å². The molecule has 0 saturated heterocycles. The van der Waals surface area contributed by atoms with Gasteiger partial charge in [-0.25, -0.2) is 0 Å². The summed E-state index contributed by atoms with van der Waals surface area (Å²) in [6.07, 6.45) is 1.92. The topological polar surface area (TPSA) is 57.9 Å². The molecule has 2 heterocycles. The van der Waals surface area contributed by atoms with Crippen molar-refractivity contribution in [2.75, 3.05) is 20.8 Å². The molecule has 5 rings (SSSR count). The minimum atomic E-state index is -0.177. The second-order valence-electron chi connectivity index (χ2n) is 7.50. The molecule has 0 amide bonds. The molecule has 31 heavy (non-hydrogen) atoms. The summed E-state index contributed by atoms with van der Waals surface area (Å²) in [6.45, 7) is 0.697. The van der Waals surface area contributed by atoms with Crippen LogP contribution in [-0.2, 0) is 6.42 Å². The number of carbonyl (C=O) groups is 1. The van der Waals surface area contributed by atoms with Gasteiger partial charge in [0.05, 0.1) is 20.8 Å². The molecule has 0 N–H and O–H groups in total. The highest BCUT2D eigenvalue weighted by atomic mass is 16.5. The first-order valence-electron chi connectivity index (χ1n) is 10.2. The molecule has 0 spiro atoms. The highest BCUT2D eigenvalue weighted by Gasteiger charge is 2.25. The van der Waals surface area contributed by atoms with Crippen molar-refractivity contribution in [1.82, 2.24) is 0 Å². The molecular formula is C26H22O5. The van der Waals surface area contributed by atoms with E-state index in [-0.39, 0.29) is 5.78 Å². The molecule has 1 aliphatic rings. The fourth-order valence-electron chi connectivity index (χ4n) is 4.02. The van der Waals surface area contributed by atoms with Crippen molar-refractivity contribution in [2.45, 2.75) is 12.8 Å². The molecule has 156 valence electrons. The largest absolute Gasteiger partial charge is 0.497 e. The van der Waals surface area contributed by atoms with Gasteiger partial charge in [-0.3, -0.25) is 4.79 Å². The van der Waals surface area contributed by atoms with E-state index in [1.807, 2.05) is 30.3 Å². The average Bonchev–Trinajstić information content (AvgIpc) is 3.20. The number of carbonyl (C=O) groups excluding carboxylic acids is 1. The molecular weight excluding hydrogens is 392 g/mol. The Morgan fingerprint density at radius 2 is 1.58 bits per heavy atom. The Kier molecular flexibility index (Phi) is 4.86. The first-order chi connectivity index (χ1) is 15.2. The predicted molar refractivity (Wildman–Crippen MR) is 118 cm³/mol. The van der Waals surface area contributed by atoms with E-state index in [0.717, 1.165) is 46.4 Å². The lowest BCUT2D eigenvalue weighted by atomic mass is 9.95. The van der Waals surface area contributed by atoms with Crippen molar-refractivity contribution < 1.29 is 23.4 Å². The Morgan fingerprint density at radius 1 is 0.903 bits per heavy atom. The first-order valence-corrected chi connectivity index (χ1v) is 10.2. The second kappa shape index (κ2) is 7.84. The maximum Gasteiger partial charge on any atom is 0.228 e. The Bertz CT molecular complexity index is 1250. The highest BCUT2D eigenvalue weighted by molar-refractivity contribution is 6.16. The monoisotopic (exact) mass is 414 g/mol. The maximum atomic E-state index is 13.5. The summed E-state index contributed by atoms with van der Waals surface area (Å²) in [7, 11) is 3.23. The molecule has 1 aliphatic heterocycles. The lowest BCUT2D eigenvalue weighted by Gasteiger charge is -2.16. The number of benzene rings is 3. The number of ketones is 1. The van der Waals surface area contributed by atoms with E-state index in [1.54, 1.807) is 38.5 Å². The Morgan fingerprint density at radius 3 is 2.26 bits per heavy atom. The van der Waals surface area contributed by atoms with Crippen LogP contribution >= 0.6 is 0 Å². The van der Waals surface area contributed by atoms with E-state index < -0.39 is 0 Å². The number of rotatable bonds is 5. The van der Waals surface area contributed by atoms with Gasteiger partial charge in [-0.2, -0.15) is 0 Å².